The Hall–Kier alpha value is -0.0600. The minimum absolute atomic E-state index is 0.808. The third-order valence-corrected chi connectivity index (χ3v) is 5.37. The van der Waals surface area contributed by atoms with Crippen LogP contribution in [0.4, 0.5) is 0 Å². The third kappa shape index (κ3) is 3.47. The van der Waals surface area contributed by atoms with Crippen molar-refractivity contribution in [1.82, 2.24) is 9.88 Å². The first-order valence-electron chi connectivity index (χ1n) is 6.01. The maximum Gasteiger partial charge on any atom is 0.150 e. The van der Waals surface area contributed by atoms with E-state index in [9.17, 15) is 0 Å². The molecule has 1 aromatic heterocycles. The number of thiazole rings is 1. The Morgan fingerprint density at radius 3 is 3.12 bits per heavy atom. The summed E-state index contributed by atoms with van der Waals surface area (Å²) in [4.78, 5) is 7.01. The maximum absolute atomic E-state index is 4.48. The predicted octanol–water partition coefficient (Wildman–Crippen LogP) is 3.42. The summed E-state index contributed by atoms with van der Waals surface area (Å²) >= 11 is 3.69. The smallest absolute Gasteiger partial charge is 0.150 e. The van der Waals surface area contributed by atoms with E-state index in [0.29, 0.717) is 0 Å². The highest BCUT2D eigenvalue weighted by molar-refractivity contribution is 8.01. The summed E-state index contributed by atoms with van der Waals surface area (Å²) in [5.74, 6) is 1.21. The van der Waals surface area contributed by atoms with Crippen LogP contribution in [0.15, 0.2) is 9.72 Å². The molecular weight excluding hydrogens is 236 g/mol. The minimum atomic E-state index is 0.808. The molecule has 90 valence electrons. The van der Waals surface area contributed by atoms with E-state index in [1.54, 1.807) is 11.3 Å². The van der Waals surface area contributed by atoms with Gasteiger partial charge in [-0.2, -0.15) is 0 Å². The number of hydrogen-bond donors (Lipinski definition) is 0. The Morgan fingerprint density at radius 1 is 1.56 bits per heavy atom. The normalized spacial score (nSPS) is 22.5. The van der Waals surface area contributed by atoms with Gasteiger partial charge in [0.05, 0.1) is 0 Å². The van der Waals surface area contributed by atoms with E-state index in [4.69, 9.17) is 0 Å². The molecule has 0 amide bonds. The fraction of sp³-hybridized carbons (Fsp3) is 0.750. The summed E-state index contributed by atoms with van der Waals surface area (Å²) in [6.45, 7) is 3.35. The van der Waals surface area contributed by atoms with Crippen LogP contribution < -0.4 is 0 Å². The Kier molecular flexibility index (Phi) is 4.67. The van der Waals surface area contributed by atoms with Gasteiger partial charge in [-0.1, -0.05) is 18.2 Å². The lowest BCUT2D eigenvalue weighted by atomic mass is 10.0. The SMILES string of the molecule is Cc1csc(SCCC2CCCCN2C)n1. The van der Waals surface area contributed by atoms with Crippen molar-refractivity contribution in [2.24, 2.45) is 0 Å². The van der Waals surface area contributed by atoms with Gasteiger partial charge in [-0.3, -0.25) is 0 Å². The van der Waals surface area contributed by atoms with Crippen LogP contribution in [0.5, 0.6) is 0 Å². The quantitative estimate of drug-likeness (QED) is 0.768. The molecule has 16 heavy (non-hydrogen) atoms. The molecule has 0 saturated carbocycles. The fourth-order valence-corrected chi connectivity index (χ4v) is 4.15. The molecule has 1 fully saturated rings. The average molecular weight is 256 g/mol. The average Bonchev–Trinajstić information content (AvgIpc) is 2.67. The van der Waals surface area contributed by atoms with Crippen molar-refractivity contribution in [3.05, 3.63) is 11.1 Å². The fourth-order valence-electron chi connectivity index (χ4n) is 2.19. The molecule has 0 aromatic carbocycles. The molecule has 1 aromatic rings. The summed E-state index contributed by atoms with van der Waals surface area (Å²) in [6.07, 6.45) is 5.48. The van der Waals surface area contributed by atoms with Crippen LogP contribution in [0.2, 0.25) is 0 Å². The zero-order chi connectivity index (χ0) is 11.4. The Labute approximate surface area is 106 Å². The molecule has 0 N–H and O–H groups in total. The molecule has 0 radical (unpaired) electrons. The van der Waals surface area contributed by atoms with E-state index >= 15 is 0 Å². The number of piperidine rings is 1. The first-order valence-corrected chi connectivity index (χ1v) is 7.87. The van der Waals surface area contributed by atoms with Gasteiger partial charge in [-0.15, -0.1) is 11.3 Å². The van der Waals surface area contributed by atoms with Crippen LogP contribution in [0.25, 0.3) is 0 Å². The molecule has 1 aliphatic heterocycles. The van der Waals surface area contributed by atoms with Gasteiger partial charge in [-0.25, -0.2) is 4.98 Å². The molecule has 2 nitrogen and oxygen atoms in total. The second-order valence-corrected chi connectivity index (χ2v) is 6.72. The highest BCUT2D eigenvalue weighted by Crippen LogP contribution is 2.25. The summed E-state index contributed by atoms with van der Waals surface area (Å²) < 4.78 is 1.23. The van der Waals surface area contributed by atoms with Crippen LogP contribution in [0, 0.1) is 6.92 Å². The lowest BCUT2D eigenvalue weighted by Gasteiger charge is -2.32. The van der Waals surface area contributed by atoms with Crippen LogP contribution in [0.1, 0.15) is 31.4 Å². The highest BCUT2D eigenvalue weighted by atomic mass is 32.2. The van der Waals surface area contributed by atoms with Gasteiger partial charge in [0.15, 0.2) is 0 Å². The minimum Gasteiger partial charge on any atom is -0.303 e. The Morgan fingerprint density at radius 2 is 2.44 bits per heavy atom. The van der Waals surface area contributed by atoms with Gasteiger partial charge in [0.25, 0.3) is 0 Å². The number of rotatable bonds is 4. The molecule has 0 bridgehead atoms. The van der Waals surface area contributed by atoms with Gasteiger partial charge in [0.1, 0.15) is 4.34 Å². The van der Waals surface area contributed by atoms with E-state index in [0.717, 1.165) is 11.7 Å². The van der Waals surface area contributed by atoms with Gasteiger partial charge in [0.2, 0.25) is 0 Å². The summed E-state index contributed by atoms with van der Waals surface area (Å²) in [6, 6.07) is 0.808. The largest absolute Gasteiger partial charge is 0.303 e. The molecule has 4 heteroatoms. The second kappa shape index (κ2) is 6.03. The molecule has 0 spiro atoms. The van der Waals surface area contributed by atoms with Crippen molar-refractivity contribution >= 4 is 23.1 Å². The molecule has 1 atom stereocenters. The van der Waals surface area contributed by atoms with Gasteiger partial charge in [0, 0.05) is 22.9 Å². The van der Waals surface area contributed by atoms with E-state index in [1.807, 2.05) is 11.8 Å². The topological polar surface area (TPSA) is 16.1 Å². The lowest BCUT2D eigenvalue weighted by Crippen LogP contribution is -2.36. The van der Waals surface area contributed by atoms with Gasteiger partial charge < -0.3 is 4.90 Å². The third-order valence-electron chi connectivity index (χ3n) is 3.20. The van der Waals surface area contributed by atoms with E-state index < -0.39 is 0 Å². The Balaban J connectivity index is 1.71. The number of hydrogen-bond acceptors (Lipinski definition) is 4. The highest BCUT2D eigenvalue weighted by Gasteiger charge is 2.18. The summed E-state index contributed by atoms with van der Waals surface area (Å²) in [5.41, 5.74) is 1.15. The van der Waals surface area contributed by atoms with Crippen molar-refractivity contribution in [3.63, 3.8) is 0 Å². The predicted molar refractivity (Wildman–Crippen MR) is 72.5 cm³/mol. The van der Waals surface area contributed by atoms with Crippen molar-refractivity contribution < 1.29 is 0 Å². The van der Waals surface area contributed by atoms with Gasteiger partial charge in [-0.05, 0) is 39.8 Å². The number of aryl methyl sites for hydroxylation is 1. The van der Waals surface area contributed by atoms with Crippen molar-refractivity contribution in [3.8, 4) is 0 Å². The first kappa shape index (κ1) is 12.4. The van der Waals surface area contributed by atoms with Crippen molar-refractivity contribution in [1.29, 1.82) is 0 Å². The van der Waals surface area contributed by atoms with Crippen molar-refractivity contribution in [2.45, 2.75) is 43.0 Å². The lowest BCUT2D eigenvalue weighted by molar-refractivity contribution is 0.182. The molecular formula is C12H20N2S2. The van der Waals surface area contributed by atoms with E-state index in [-0.39, 0.29) is 0 Å². The van der Waals surface area contributed by atoms with Gasteiger partial charge >= 0.3 is 0 Å². The zero-order valence-corrected chi connectivity index (χ0v) is 11.7. The standard InChI is InChI=1S/C12H20N2S2/c1-10-9-16-12(13-10)15-8-6-11-5-3-4-7-14(11)2/h9,11H,3-8H2,1-2H3. The van der Waals surface area contributed by atoms with E-state index in [1.165, 1.54) is 42.3 Å². The molecule has 0 aliphatic carbocycles. The monoisotopic (exact) mass is 256 g/mol. The van der Waals surface area contributed by atoms with Crippen LogP contribution in [-0.2, 0) is 0 Å². The zero-order valence-electron chi connectivity index (χ0n) is 10.1. The molecule has 1 unspecified atom stereocenters. The second-order valence-electron chi connectivity index (χ2n) is 4.52. The molecule has 2 heterocycles. The summed E-state index contributed by atoms with van der Waals surface area (Å²) in [7, 11) is 2.27. The van der Waals surface area contributed by atoms with Crippen molar-refractivity contribution in [2.75, 3.05) is 19.3 Å². The number of likely N-dealkylation sites (tertiary alicyclic amines) is 1. The molecule has 1 aliphatic rings. The maximum atomic E-state index is 4.48. The van der Waals surface area contributed by atoms with E-state index in [2.05, 4.69) is 29.2 Å². The van der Waals surface area contributed by atoms with Crippen LogP contribution in [-0.4, -0.2) is 35.3 Å². The van der Waals surface area contributed by atoms with Crippen LogP contribution in [0.3, 0.4) is 0 Å². The molecule has 2 rings (SSSR count). The summed E-state index contributed by atoms with van der Waals surface area (Å²) in [5, 5.41) is 2.13. The number of thioether (sulfide) groups is 1. The van der Waals surface area contributed by atoms with Crippen LogP contribution >= 0.6 is 23.1 Å². The molecule has 1 saturated heterocycles. The Bertz CT molecular complexity index is 325. The number of nitrogens with zero attached hydrogens (tertiary/aromatic N) is 2. The first-order chi connectivity index (χ1) is 7.75. The number of aromatic nitrogens is 1.